The monoisotopic (exact) mass is 278 g/mol. The summed E-state index contributed by atoms with van der Waals surface area (Å²) in [6.45, 7) is 1.63. The second-order valence-electron chi connectivity index (χ2n) is 4.93. The van der Waals surface area contributed by atoms with Crippen molar-refractivity contribution in [1.29, 1.82) is 0 Å². The van der Waals surface area contributed by atoms with E-state index >= 15 is 0 Å². The van der Waals surface area contributed by atoms with Crippen LogP contribution < -0.4 is 10.1 Å². The molecule has 3 nitrogen and oxygen atoms in total. The third kappa shape index (κ3) is 3.03. The van der Waals surface area contributed by atoms with Crippen molar-refractivity contribution < 1.29 is 4.74 Å². The Hall–Kier alpha value is -2.39. The van der Waals surface area contributed by atoms with Crippen molar-refractivity contribution >= 4 is 10.8 Å². The Morgan fingerprint density at radius 2 is 1.62 bits per heavy atom. The smallest absolute Gasteiger partial charge is 0.221 e. The highest BCUT2D eigenvalue weighted by molar-refractivity contribution is 5.89. The first kappa shape index (κ1) is 13.6. The molecule has 3 rings (SSSR count). The minimum Gasteiger partial charge on any atom is -0.481 e. The summed E-state index contributed by atoms with van der Waals surface area (Å²) in [5.74, 6) is 0.678. The maximum absolute atomic E-state index is 5.32. The number of methoxy groups -OCH3 is 1. The van der Waals surface area contributed by atoms with Gasteiger partial charge in [-0.3, -0.25) is 0 Å². The molecule has 1 aromatic heterocycles. The lowest BCUT2D eigenvalue weighted by atomic mass is 10.1. The third-order valence-corrected chi connectivity index (χ3v) is 3.52. The molecular weight excluding hydrogens is 260 g/mol. The fraction of sp³-hybridized carbons (Fsp3) is 0.167. The van der Waals surface area contributed by atoms with Gasteiger partial charge in [0, 0.05) is 24.7 Å². The summed E-state index contributed by atoms with van der Waals surface area (Å²) in [4.78, 5) is 4.39. The summed E-state index contributed by atoms with van der Waals surface area (Å²) < 4.78 is 5.32. The molecule has 0 radical (unpaired) electrons. The molecule has 1 heterocycles. The molecule has 0 unspecified atom stereocenters. The maximum Gasteiger partial charge on any atom is 0.221 e. The molecule has 106 valence electrons. The van der Waals surface area contributed by atoms with Gasteiger partial charge in [-0.25, -0.2) is 4.98 Å². The van der Waals surface area contributed by atoms with Crippen molar-refractivity contribution in [3.8, 4) is 5.88 Å². The predicted molar refractivity (Wildman–Crippen MR) is 85.3 cm³/mol. The Balaban J connectivity index is 1.78. The lowest BCUT2D eigenvalue weighted by Crippen LogP contribution is -2.13. The molecule has 0 saturated carbocycles. The summed E-state index contributed by atoms with van der Waals surface area (Å²) >= 11 is 0. The summed E-state index contributed by atoms with van der Waals surface area (Å²) in [5.41, 5.74) is 2.46. The first-order valence-electron chi connectivity index (χ1n) is 7.04. The Morgan fingerprint density at radius 3 is 2.38 bits per heavy atom. The molecule has 0 fully saturated rings. The number of hydrogen-bond donors (Lipinski definition) is 1. The number of pyridine rings is 1. The molecule has 0 aliphatic carbocycles. The molecule has 1 N–H and O–H groups in total. The van der Waals surface area contributed by atoms with E-state index in [-0.39, 0.29) is 0 Å². The molecular formula is C18H18N2O. The average Bonchev–Trinajstić information content (AvgIpc) is 2.56. The second-order valence-corrected chi connectivity index (χ2v) is 4.93. The third-order valence-electron chi connectivity index (χ3n) is 3.52. The molecule has 0 bridgehead atoms. The molecule has 0 saturated heterocycles. The minimum absolute atomic E-state index is 0.678. The van der Waals surface area contributed by atoms with Crippen LogP contribution in [0.4, 0.5) is 0 Å². The summed E-state index contributed by atoms with van der Waals surface area (Å²) in [5, 5.41) is 5.71. The van der Waals surface area contributed by atoms with Crippen LogP contribution in [0.25, 0.3) is 10.8 Å². The van der Waals surface area contributed by atoms with Gasteiger partial charge in [0.1, 0.15) is 0 Å². The number of benzene rings is 2. The Labute approximate surface area is 124 Å². The first-order valence-corrected chi connectivity index (χ1v) is 7.04. The van der Waals surface area contributed by atoms with Crippen molar-refractivity contribution in [3.05, 3.63) is 71.9 Å². The minimum atomic E-state index is 0.678. The zero-order valence-corrected chi connectivity index (χ0v) is 12.0. The lowest BCUT2D eigenvalue weighted by Gasteiger charge is -2.10. The van der Waals surface area contributed by atoms with Gasteiger partial charge in [-0.15, -0.1) is 0 Å². The first-order chi connectivity index (χ1) is 10.4. The quantitative estimate of drug-likeness (QED) is 0.775. The van der Waals surface area contributed by atoms with Crippen LogP contribution in [0.2, 0.25) is 0 Å². The van der Waals surface area contributed by atoms with E-state index in [4.69, 9.17) is 4.74 Å². The fourth-order valence-electron chi connectivity index (χ4n) is 2.47. The van der Waals surface area contributed by atoms with Crippen molar-refractivity contribution in [2.75, 3.05) is 7.11 Å². The molecule has 0 amide bonds. The second kappa shape index (κ2) is 6.37. The van der Waals surface area contributed by atoms with Gasteiger partial charge < -0.3 is 10.1 Å². The normalized spacial score (nSPS) is 10.7. The Bertz CT molecular complexity index is 726. The van der Waals surface area contributed by atoms with Crippen LogP contribution in [0.1, 0.15) is 11.1 Å². The van der Waals surface area contributed by atoms with Crippen LogP contribution in [0.5, 0.6) is 5.88 Å². The molecule has 21 heavy (non-hydrogen) atoms. The highest BCUT2D eigenvalue weighted by Gasteiger charge is 2.06. The molecule has 0 atom stereocenters. The van der Waals surface area contributed by atoms with Crippen molar-refractivity contribution in [3.63, 3.8) is 0 Å². The predicted octanol–water partition coefficient (Wildman–Crippen LogP) is 3.53. The van der Waals surface area contributed by atoms with Crippen LogP contribution in [0, 0.1) is 0 Å². The largest absolute Gasteiger partial charge is 0.481 e. The van der Waals surface area contributed by atoms with E-state index in [1.807, 2.05) is 30.5 Å². The molecule has 0 aliphatic rings. The van der Waals surface area contributed by atoms with Gasteiger partial charge in [0.25, 0.3) is 0 Å². The average molecular weight is 278 g/mol. The Morgan fingerprint density at radius 1 is 0.905 bits per heavy atom. The molecule has 3 aromatic rings. The van der Waals surface area contributed by atoms with Crippen molar-refractivity contribution in [1.82, 2.24) is 10.3 Å². The van der Waals surface area contributed by atoms with Crippen molar-refractivity contribution in [2.45, 2.75) is 13.1 Å². The van der Waals surface area contributed by atoms with Gasteiger partial charge in [0.15, 0.2) is 0 Å². The van der Waals surface area contributed by atoms with E-state index < -0.39 is 0 Å². The Kier molecular flexibility index (Phi) is 4.12. The lowest BCUT2D eigenvalue weighted by molar-refractivity contribution is 0.403. The van der Waals surface area contributed by atoms with Crippen LogP contribution in [-0.4, -0.2) is 12.1 Å². The molecule has 2 aromatic carbocycles. The summed E-state index contributed by atoms with van der Waals surface area (Å²) in [6, 6.07) is 18.6. The van der Waals surface area contributed by atoms with Crippen molar-refractivity contribution in [2.24, 2.45) is 0 Å². The fourth-order valence-corrected chi connectivity index (χ4v) is 2.47. The molecule has 3 heteroatoms. The standard InChI is InChI=1S/C18H18N2O/c1-21-18-17-10-6-5-9-16(17)15(13-20-18)12-19-11-14-7-3-2-4-8-14/h2-10,13,19H,11-12H2,1H3. The van der Waals surface area contributed by atoms with Gasteiger partial charge in [-0.2, -0.15) is 0 Å². The summed E-state index contributed by atoms with van der Waals surface area (Å²) in [7, 11) is 1.65. The van der Waals surface area contributed by atoms with Crippen LogP contribution in [-0.2, 0) is 13.1 Å². The van der Waals surface area contributed by atoms with Gasteiger partial charge in [0.05, 0.1) is 7.11 Å². The van der Waals surface area contributed by atoms with E-state index in [0.29, 0.717) is 5.88 Å². The number of nitrogens with one attached hydrogen (secondary N) is 1. The van der Waals surface area contributed by atoms with Crippen LogP contribution in [0.3, 0.4) is 0 Å². The van der Waals surface area contributed by atoms with Gasteiger partial charge in [-0.1, -0.05) is 48.5 Å². The van der Waals surface area contributed by atoms with Crippen LogP contribution >= 0.6 is 0 Å². The van der Waals surface area contributed by atoms with Gasteiger partial charge in [-0.05, 0) is 22.6 Å². The number of aromatic nitrogens is 1. The molecule has 0 spiro atoms. The SMILES string of the molecule is COc1ncc(CNCc2ccccc2)c2ccccc12. The van der Waals surface area contributed by atoms with E-state index in [1.165, 1.54) is 16.5 Å². The molecule has 0 aliphatic heterocycles. The zero-order valence-electron chi connectivity index (χ0n) is 12.0. The van der Waals surface area contributed by atoms with Gasteiger partial charge in [0.2, 0.25) is 5.88 Å². The number of fused-ring (bicyclic) bond motifs is 1. The summed E-state index contributed by atoms with van der Waals surface area (Å²) in [6.07, 6.45) is 1.89. The zero-order chi connectivity index (χ0) is 14.5. The van der Waals surface area contributed by atoms with Crippen LogP contribution in [0.15, 0.2) is 60.8 Å². The maximum atomic E-state index is 5.32. The number of rotatable bonds is 5. The number of nitrogens with zero attached hydrogens (tertiary/aromatic N) is 1. The van der Waals surface area contributed by atoms with E-state index in [1.54, 1.807) is 7.11 Å². The van der Waals surface area contributed by atoms with E-state index in [9.17, 15) is 0 Å². The van der Waals surface area contributed by atoms with E-state index in [0.717, 1.165) is 18.5 Å². The number of hydrogen-bond acceptors (Lipinski definition) is 3. The highest BCUT2D eigenvalue weighted by atomic mass is 16.5. The highest BCUT2D eigenvalue weighted by Crippen LogP contribution is 2.25. The number of ether oxygens (including phenoxy) is 1. The topological polar surface area (TPSA) is 34.1 Å². The van der Waals surface area contributed by atoms with E-state index in [2.05, 4.69) is 40.6 Å². The van der Waals surface area contributed by atoms with Gasteiger partial charge >= 0.3 is 0 Å².